The van der Waals surface area contributed by atoms with Gasteiger partial charge in [-0.25, -0.2) is 9.97 Å². The number of anilines is 4. The Morgan fingerprint density at radius 2 is 1.87 bits per heavy atom. The number of amides is 2. The maximum atomic E-state index is 11.8. The molecule has 1 aliphatic rings. The molecule has 0 saturated carbocycles. The molecule has 5 rings (SSSR count). The molecule has 10 heteroatoms. The number of rotatable bonds is 7. The summed E-state index contributed by atoms with van der Waals surface area (Å²) in [5.41, 5.74) is 5.44. The third-order valence-electron chi connectivity index (χ3n) is 6.63. The number of ether oxygens (including phenoxy) is 1. The summed E-state index contributed by atoms with van der Waals surface area (Å²) in [7, 11) is 1.62. The van der Waals surface area contributed by atoms with Crippen molar-refractivity contribution in [3.8, 4) is 16.9 Å². The van der Waals surface area contributed by atoms with Gasteiger partial charge in [-0.15, -0.1) is 0 Å². The van der Waals surface area contributed by atoms with Gasteiger partial charge < -0.3 is 25.2 Å². The molecule has 0 atom stereocenters. The third kappa shape index (κ3) is 5.64. The van der Waals surface area contributed by atoms with Crippen LogP contribution in [0.4, 0.5) is 23.0 Å². The minimum atomic E-state index is -0.279. The van der Waals surface area contributed by atoms with E-state index < -0.39 is 0 Å². The normalized spacial score (nSPS) is 13.2. The molecule has 198 valence electrons. The van der Waals surface area contributed by atoms with Crippen molar-refractivity contribution in [2.24, 2.45) is 0 Å². The van der Waals surface area contributed by atoms with Gasteiger partial charge in [0.2, 0.25) is 17.8 Å². The Balaban J connectivity index is 1.41. The van der Waals surface area contributed by atoms with Crippen molar-refractivity contribution in [2.45, 2.75) is 6.92 Å². The first kappa shape index (κ1) is 25.7. The highest BCUT2D eigenvalue weighted by molar-refractivity contribution is 6.00. The highest BCUT2D eigenvalue weighted by Crippen LogP contribution is 2.33. The summed E-state index contributed by atoms with van der Waals surface area (Å²) < 4.78 is 5.68. The van der Waals surface area contributed by atoms with Gasteiger partial charge in [0, 0.05) is 62.3 Å². The van der Waals surface area contributed by atoms with E-state index >= 15 is 0 Å². The largest absolute Gasteiger partial charge is 0.494 e. The Hall–Kier alpha value is -4.99. The number of carbonyl (C=O) groups is 2. The van der Waals surface area contributed by atoms with Crippen molar-refractivity contribution in [1.82, 2.24) is 19.9 Å². The summed E-state index contributed by atoms with van der Waals surface area (Å²) >= 11 is 0. The van der Waals surface area contributed by atoms with E-state index in [4.69, 9.17) is 9.72 Å². The van der Waals surface area contributed by atoms with Crippen molar-refractivity contribution in [3.63, 3.8) is 0 Å². The highest BCUT2D eigenvalue weighted by atomic mass is 16.5. The fraction of sp³-hybridized carbons (Fsp3) is 0.207. The molecule has 0 bridgehead atoms. The number of benzene rings is 2. The van der Waals surface area contributed by atoms with E-state index in [1.54, 1.807) is 26.4 Å². The van der Waals surface area contributed by atoms with Crippen LogP contribution in [0.15, 0.2) is 73.6 Å². The minimum Gasteiger partial charge on any atom is -0.494 e. The van der Waals surface area contributed by atoms with Gasteiger partial charge >= 0.3 is 0 Å². The van der Waals surface area contributed by atoms with Crippen LogP contribution in [0.5, 0.6) is 5.75 Å². The van der Waals surface area contributed by atoms with Crippen LogP contribution < -0.4 is 20.3 Å². The number of methoxy groups -OCH3 is 1. The van der Waals surface area contributed by atoms with Crippen molar-refractivity contribution in [3.05, 3.63) is 73.6 Å². The van der Waals surface area contributed by atoms with Gasteiger partial charge in [0.05, 0.1) is 19.0 Å². The van der Waals surface area contributed by atoms with Crippen LogP contribution in [0.25, 0.3) is 22.2 Å². The van der Waals surface area contributed by atoms with E-state index in [2.05, 4.69) is 32.1 Å². The maximum absolute atomic E-state index is 11.8. The molecule has 1 saturated heterocycles. The second kappa shape index (κ2) is 11.2. The molecule has 0 aliphatic carbocycles. The smallest absolute Gasteiger partial charge is 0.247 e. The molecule has 3 heterocycles. The lowest BCUT2D eigenvalue weighted by atomic mass is 10.0. The topological polar surface area (TPSA) is 113 Å². The lowest BCUT2D eigenvalue weighted by Gasteiger charge is -2.35. The zero-order valence-electron chi connectivity index (χ0n) is 21.8. The Morgan fingerprint density at radius 1 is 1.05 bits per heavy atom. The molecule has 2 aromatic carbocycles. The van der Waals surface area contributed by atoms with Crippen molar-refractivity contribution < 1.29 is 14.3 Å². The summed E-state index contributed by atoms with van der Waals surface area (Å²) in [6, 6.07) is 15.3. The second-order valence-electron chi connectivity index (χ2n) is 9.06. The number of hydrogen-bond donors (Lipinski definition) is 2. The molecule has 10 nitrogen and oxygen atoms in total. The van der Waals surface area contributed by atoms with Gasteiger partial charge in [0.15, 0.2) is 0 Å². The van der Waals surface area contributed by atoms with Gasteiger partial charge in [-0.05, 0) is 42.0 Å². The fourth-order valence-corrected chi connectivity index (χ4v) is 4.57. The number of fused-ring (bicyclic) bond motifs is 1. The van der Waals surface area contributed by atoms with Gasteiger partial charge in [0.25, 0.3) is 0 Å². The Morgan fingerprint density at radius 3 is 2.62 bits per heavy atom. The summed E-state index contributed by atoms with van der Waals surface area (Å²) in [5, 5.41) is 6.07. The monoisotopic (exact) mass is 523 g/mol. The SMILES string of the molecule is C=CC(=O)Nc1cccc(-c2ccnc3cnc(Nc4ccc(N5CCN(C(C)=O)CC5)cc4OC)nc23)c1. The predicted octanol–water partition coefficient (Wildman–Crippen LogP) is 4.24. The van der Waals surface area contributed by atoms with E-state index in [-0.39, 0.29) is 11.8 Å². The molecular formula is C29H29N7O3. The van der Waals surface area contributed by atoms with Crippen LogP contribution in [0.1, 0.15) is 6.92 Å². The van der Waals surface area contributed by atoms with Crippen LogP contribution in [0.3, 0.4) is 0 Å². The molecule has 1 fully saturated rings. The van der Waals surface area contributed by atoms with Crippen LogP contribution >= 0.6 is 0 Å². The predicted molar refractivity (Wildman–Crippen MR) is 152 cm³/mol. The average Bonchev–Trinajstić information content (AvgIpc) is 2.97. The van der Waals surface area contributed by atoms with E-state index in [1.807, 2.05) is 53.4 Å². The second-order valence-corrected chi connectivity index (χ2v) is 9.06. The number of nitrogens with zero attached hydrogens (tertiary/aromatic N) is 5. The minimum absolute atomic E-state index is 0.104. The first-order valence-corrected chi connectivity index (χ1v) is 12.6. The first-order chi connectivity index (χ1) is 18.9. The van der Waals surface area contributed by atoms with E-state index in [9.17, 15) is 9.59 Å². The van der Waals surface area contributed by atoms with Crippen LogP contribution in [-0.4, -0.2) is 65.0 Å². The zero-order chi connectivity index (χ0) is 27.4. The van der Waals surface area contributed by atoms with E-state index in [1.165, 1.54) is 6.08 Å². The Bertz CT molecular complexity index is 1550. The van der Waals surface area contributed by atoms with Gasteiger partial charge in [-0.3, -0.25) is 14.6 Å². The van der Waals surface area contributed by atoms with Crippen molar-refractivity contribution >= 4 is 45.9 Å². The van der Waals surface area contributed by atoms with Crippen LogP contribution in [-0.2, 0) is 9.59 Å². The molecule has 4 aromatic rings. The summed E-state index contributed by atoms with van der Waals surface area (Å²) in [5.74, 6) is 0.878. The molecule has 0 unspecified atom stereocenters. The van der Waals surface area contributed by atoms with Crippen LogP contribution in [0, 0.1) is 0 Å². The number of nitrogens with one attached hydrogen (secondary N) is 2. The fourth-order valence-electron chi connectivity index (χ4n) is 4.57. The molecule has 0 radical (unpaired) electrons. The number of carbonyl (C=O) groups excluding carboxylic acids is 2. The Labute approximate surface area is 226 Å². The molecule has 39 heavy (non-hydrogen) atoms. The molecule has 2 amide bonds. The van der Waals surface area contributed by atoms with Crippen molar-refractivity contribution in [2.75, 3.05) is 48.8 Å². The lowest BCUT2D eigenvalue weighted by Crippen LogP contribution is -2.48. The van der Waals surface area contributed by atoms with Gasteiger partial charge in [-0.1, -0.05) is 18.7 Å². The Kier molecular flexibility index (Phi) is 7.35. The van der Waals surface area contributed by atoms with E-state index in [0.29, 0.717) is 41.5 Å². The molecule has 0 spiro atoms. The number of hydrogen-bond acceptors (Lipinski definition) is 8. The summed E-state index contributed by atoms with van der Waals surface area (Å²) in [6.45, 7) is 8.02. The third-order valence-corrected chi connectivity index (χ3v) is 6.63. The van der Waals surface area contributed by atoms with Gasteiger partial charge in [0.1, 0.15) is 16.8 Å². The lowest BCUT2D eigenvalue weighted by molar-refractivity contribution is -0.129. The quantitative estimate of drug-likeness (QED) is 0.346. The zero-order valence-corrected chi connectivity index (χ0v) is 21.8. The average molecular weight is 524 g/mol. The maximum Gasteiger partial charge on any atom is 0.247 e. The summed E-state index contributed by atoms with van der Waals surface area (Å²) in [4.78, 5) is 41.2. The number of piperazine rings is 1. The highest BCUT2D eigenvalue weighted by Gasteiger charge is 2.20. The number of aromatic nitrogens is 3. The molecule has 2 aromatic heterocycles. The number of pyridine rings is 1. The van der Waals surface area contributed by atoms with Gasteiger partial charge in [-0.2, -0.15) is 0 Å². The van der Waals surface area contributed by atoms with E-state index in [0.717, 1.165) is 35.6 Å². The first-order valence-electron chi connectivity index (χ1n) is 12.6. The van der Waals surface area contributed by atoms with Crippen LogP contribution in [0.2, 0.25) is 0 Å². The summed E-state index contributed by atoms with van der Waals surface area (Å²) in [6.07, 6.45) is 4.61. The van der Waals surface area contributed by atoms with Crippen molar-refractivity contribution in [1.29, 1.82) is 0 Å². The molecule has 1 aliphatic heterocycles. The standard InChI is InChI=1S/C29H29N7O3/c1-4-27(38)32-21-7-5-6-20(16-21)23-10-11-30-25-18-31-29(34-28(23)25)33-24-9-8-22(17-26(24)39-3)36-14-12-35(13-15-36)19(2)37/h4-11,16-18H,1,12-15H2,2-3H3,(H,32,38)(H,31,33,34). The molecule has 2 N–H and O–H groups in total. The molecular weight excluding hydrogens is 494 g/mol.